The summed E-state index contributed by atoms with van der Waals surface area (Å²) in [5.41, 5.74) is 3.35. The summed E-state index contributed by atoms with van der Waals surface area (Å²) in [5, 5.41) is 5.54. The van der Waals surface area contributed by atoms with E-state index < -0.39 is 6.09 Å². The first-order chi connectivity index (χ1) is 12.6. The number of hydrogen-bond donors (Lipinski definition) is 2. The summed E-state index contributed by atoms with van der Waals surface area (Å²) in [6.45, 7) is 4.05. The van der Waals surface area contributed by atoms with Crippen LogP contribution >= 0.6 is 0 Å². The van der Waals surface area contributed by atoms with E-state index in [-0.39, 0.29) is 19.1 Å². The molecule has 0 saturated carbocycles. The molecule has 134 valence electrons. The molecule has 26 heavy (non-hydrogen) atoms. The Labute approximate surface area is 151 Å². The summed E-state index contributed by atoms with van der Waals surface area (Å²) < 4.78 is 10.5. The van der Waals surface area contributed by atoms with Crippen molar-refractivity contribution in [1.29, 1.82) is 0 Å². The molecule has 0 aromatic heterocycles. The molecule has 0 aliphatic carbocycles. The van der Waals surface area contributed by atoms with Crippen LogP contribution in [-0.2, 0) is 9.53 Å². The van der Waals surface area contributed by atoms with Gasteiger partial charge in [-0.05, 0) is 43.7 Å². The number of nitrogens with one attached hydrogen (secondary N) is 2. The van der Waals surface area contributed by atoms with Gasteiger partial charge in [0.15, 0.2) is 0 Å². The zero-order valence-corrected chi connectivity index (χ0v) is 14.7. The molecule has 1 aliphatic heterocycles. The molecule has 2 aromatic rings. The van der Waals surface area contributed by atoms with Gasteiger partial charge in [-0.3, -0.25) is 10.1 Å². The van der Waals surface area contributed by atoms with Crippen LogP contribution in [0.1, 0.15) is 18.1 Å². The van der Waals surface area contributed by atoms with Crippen LogP contribution in [0.25, 0.3) is 6.08 Å². The fraction of sp³-hybridized carbons (Fsp3) is 0.200. The third kappa shape index (κ3) is 3.85. The normalized spacial score (nSPS) is 12.3. The molecule has 2 aromatic carbocycles. The summed E-state index contributed by atoms with van der Waals surface area (Å²) in [7, 11) is 0. The largest absolute Gasteiger partial charge is 0.488 e. The van der Waals surface area contributed by atoms with Crippen molar-refractivity contribution in [3.8, 4) is 5.75 Å². The van der Waals surface area contributed by atoms with Crippen molar-refractivity contribution in [3.63, 3.8) is 0 Å². The first-order valence-corrected chi connectivity index (χ1v) is 8.35. The Morgan fingerprint density at radius 1 is 1.08 bits per heavy atom. The Morgan fingerprint density at radius 3 is 2.58 bits per heavy atom. The van der Waals surface area contributed by atoms with Gasteiger partial charge in [-0.1, -0.05) is 24.3 Å². The van der Waals surface area contributed by atoms with Crippen molar-refractivity contribution in [1.82, 2.24) is 0 Å². The highest BCUT2D eigenvalue weighted by molar-refractivity contribution is 6.08. The molecule has 0 atom stereocenters. The van der Waals surface area contributed by atoms with Crippen LogP contribution in [0.4, 0.5) is 16.2 Å². The summed E-state index contributed by atoms with van der Waals surface area (Å²) in [6.07, 6.45) is 1.29. The number of rotatable bonds is 4. The lowest BCUT2D eigenvalue weighted by molar-refractivity contribution is -0.113. The second-order valence-corrected chi connectivity index (χ2v) is 5.77. The maximum atomic E-state index is 12.6. The van der Waals surface area contributed by atoms with Crippen LogP contribution in [0.5, 0.6) is 5.75 Å². The van der Waals surface area contributed by atoms with E-state index in [1.165, 1.54) is 0 Å². The van der Waals surface area contributed by atoms with Crippen molar-refractivity contribution in [3.05, 3.63) is 59.2 Å². The standard InChI is InChI=1S/C20H20N2O4/c1-3-25-20(24)22-17-9-6-8-16(13(17)2)21-19(23)15-11-14-7-4-5-10-18(14)26-12-15/h4-11H,3,12H2,1-2H3,(H,21,23)(H,22,24). The van der Waals surface area contributed by atoms with E-state index in [0.29, 0.717) is 16.9 Å². The second kappa shape index (κ2) is 7.74. The Bertz CT molecular complexity index is 874. The summed E-state index contributed by atoms with van der Waals surface area (Å²) >= 11 is 0. The maximum Gasteiger partial charge on any atom is 0.411 e. The number of ether oxygens (including phenoxy) is 2. The molecule has 0 radical (unpaired) electrons. The molecule has 2 N–H and O–H groups in total. The van der Waals surface area contributed by atoms with E-state index in [1.807, 2.05) is 37.3 Å². The lowest BCUT2D eigenvalue weighted by atomic mass is 10.1. The van der Waals surface area contributed by atoms with E-state index in [0.717, 1.165) is 16.9 Å². The third-order valence-corrected chi connectivity index (χ3v) is 4.02. The molecule has 6 nitrogen and oxygen atoms in total. The van der Waals surface area contributed by atoms with Crippen LogP contribution in [-0.4, -0.2) is 25.2 Å². The smallest absolute Gasteiger partial charge is 0.411 e. The highest BCUT2D eigenvalue weighted by Crippen LogP contribution is 2.28. The first kappa shape index (κ1) is 17.5. The van der Waals surface area contributed by atoms with Gasteiger partial charge >= 0.3 is 6.09 Å². The third-order valence-electron chi connectivity index (χ3n) is 4.02. The van der Waals surface area contributed by atoms with E-state index >= 15 is 0 Å². The van der Waals surface area contributed by atoms with Gasteiger partial charge in [-0.2, -0.15) is 0 Å². The van der Waals surface area contributed by atoms with Crippen molar-refractivity contribution in [2.24, 2.45) is 0 Å². The molecule has 3 rings (SSSR count). The van der Waals surface area contributed by atoms with E-state index in [1.54, 1.807) is 25.1 Å². The number of para-hydroxylation sites is 1. The number of anilines is 2. The van der Waals surface area contributed by atoms with E-state index in [2.05, 4.69) is 10.6 Å². The van der Waals surface area contributed by atoms with Gasteiger partial charge in [-0.25, -0.2) is 4.79 Å². The van der Waals surface area contributed by atoms with E-state index in [9.17, 15) is 9.59 Å². The fourth-order valence-corrected chi connectivity index (χ4v) is 2.63. The molecule has 1 heterocycles. The molecule has 0 unspecified atom stereocenters. The van der Waals surface area contributed by atoms with Crippen LogP contribution in [0.3, 0.4) is 0 Å². The summed E-state index contributed by atoms with van der Waals surface area (Å²) in [5.74, 6) is 0.525. The highest BCUT2D eigenvalue weighted by Gasteiger charge is 2.18. The maximum absolute atomic E-state index is 12.6. The fourth-order valence-electron chi connectivity index (χ4n) is 2.63. The quantitative estimate of drug-likeness (QED) is 0.873. The number of carbonyl (C=O) groups excluding carboxylic acids is 2. The van der Waals surface area contributed by atoms with Gasteiger partial charge in [0.2, 0.25) is 0 Å². The average molecular weight is 352 g/mol. The molecule has 2 amide bonds. The van der Waals surface area contributed by atoms with Crippen molar-refractivity contribution >= 4 is 29.5 Å². The lowest BCUT2D eigenvalue weighted by Crippen LogP contribution is -2.22. The molecule has 0 spiro atoms. The van der Waals surface area contributed by atoms with Crippen LogP contribution in [0.2, 0.25) is 0 Å². The predicted molar refractivity (Wildman–Crippen MR) is 100 cm³/mol. The van der Waals surface area contributed by atoms with Gasteiger partial charge in [0.1, 0.15) is 12.4 Å². The number of carbonyl (C=O) groups is 2. The number of benzene rings is 2. The minimum Gasteiger partial charge on any atom is -0.488 e. The number of amides is 2. The average Bonchev–Trinajstić information content (AvgIpc) is 2.64. The van der Waals surface area contributed by atoms with Gasteiger partial charge in [0.25, 0.3) is 5.91 Å². The monoisotopic (exact) mass is 352 g/mol. The minimum atomic E-state index is -0.529. The SMILES string of the molecule is CCOC(=O)Nc1cccc(NC(=O)C2=Cc3ccccc3OC2)c1C. The minimum absolute atomic E-state index is 0.211. The van der Waals surface area contributed by atoms with E-state index in [4.69, 9.17) is 9.47 Å². The zero-order valence-electron chi connectivity index (χ0n) is 14.7. The Balaban J connectivity index is 1.76. The Morgan fingerprint density at radius 2 is 1.81 bits per heavy atom. The van der Waals surface area contributed by atoms with Gasteiger partial charge in [-0.15, -0.1) is 0 Å². The van der Waals surface area contributed by atoms with Gasteiger partial charge in [0.05, 0.1) is 12.2 Å². The number of hydrogen-bond acceptors (Lipinski definition) is 4. The molecular formula is C20H20N2O4. The molecule has 0 bridgehead atoms. The van der Waals surface area contributed by atoms with Crippen molar-refractivity contribution < 1.29 is 19.1 Å². The second-order valence-electron chi connectivity index (χ2n) is 5.77. The van der Waals surface area contributed by atoms with Gasteiger partial charge < -0.3 is 14.8 Å². The first-order valence-electron chi connectivity index (χ1n) is 8.35. The highest BCUT2D eigenvalue weighted by atomic mass is 16.5. The molecule has 0 fully saturated rings. The van der Waals surface area contributed by atoms with Crippen molar-refractivity contribution in [2.45, 2.75) is 13.8 Å². The topological polar surface area (TPSA) is 76.7 Å². The Hall–Kier alpha value is -3.28. The zero-order chi connectivity index (χ0) is 18.5. The summed E-state index contributed by atoms with van der Waals surface area (Å²) in [4.78, 5) is 24.2. The number of fused-ring (bicyclic) bond motifs is 1. The van der Waals surface area contributed by atoms with Crippen LogP contribution in [0, 0.1) is 6.92 Å². The Kier molecular flexibility index (Phi) is 5.22. The van der Waals surface area contributed by atoms with Gasteiger partial charge in [0, 0.05) is 16.9 Å². The lowest BCUT2D eigenvalue weighted by Gasteiger charge is -2.18. The molecular weight excluding hydrogens is 332 g/mol. The molecule has 0 saturated heterocycles. The molecule has 1 aliphatic rings. The van der Waals surface area contributed by atoms with Crippen molar-refractivity contribution in [2.75, 3.05) is 23.8 Å². The van der Waals surface area contributed by atoms with Crippen LogP contribution in [0.15, 0.2) is 48.0 Å². The molecule has 6 heteroatoms. The summed E-state index contributed by atoms with van der Waals surface area (Å²) in [6, 6.07) is 12.8. The van der Waals surface area contributed by atoms with Crippen LogP contribution < -0.4 is 15.4 Å². The predicted octanol–water partition coefficient (Wildman–Crippen LogP) is 3.98.